The molecule has 54 heavy (non-hydrogen) atoms. The van der Waals surface area contributed by atoms with Gasteiger partial charge in [-0.05, 0) is 132 Å². The lowest BCUT2D eigenvalue weighted by Crippen LogP contribution is -2.34. The zero-order valence-corrected chi connectivity index (χ0v) is 32.6. The highest BCUT2D eigenvalue weighted by Crippen LogP contribution is 2.49. The van der Waals surface area contributed by atoms with Gasteiger partial charge in [-0.3, -0.25) is 0 Å². The summed E-state index contributed by atoms with van der Waals surface area (Å²) in [4.78, 5) is 4.81. The molecule has 0 bridgehead atoms. The monoisotopic (exact) mass is 718 g/mol. The van der Waals surface area contributed by atoms with Crippen LogP contribution in [0.4, 0.5) is 34.1 Å². The lowest BCUT2D eigenvalue weighted by molar-refractivity contribution is 0.332. The summed E-state index contributed by atoms with van der Waals surface area (Å²) in [5, 5.41) is 2.60. The molecule has 8 aromatic rings. The van der Waals surface area contributed by atoms with Crippen molar-refractivity contribution < 1.29 is 0 Å². The average molecular weight is 719 g/mol. The van der Waals surface area contributed by atoms with Gasteiger partial charge in [0.2, 0.25) is 0 Å². The zero-order valence-electron chi connectivity index (χ0n) is 31.8. The summed E-state index contributed by atoms with van der Waals surface area (Å²) in [5.41, 5.74) is 13.9. The minimum Gasteiger partial charge on any atom is -0.310 e. The van der Waals surface area contributed by atoms with Gasteiger partial charge >= 0.3 is 0 Å². The smallest absolute Gasteiger partial charge is 0.0554 e. The molecule has 0 fully saturated rings. The van der Waals surface area contributed by atoms with Crippen LogP contribution in [0.5, 0.6) is 0 Å². The lowest BCUT2D eigenvalue weighted by atomic mass is 9.63. The van der Waals surface area contributed by atoms with E-state index in [1.54, 1.807) is 0 Å². The predicted molar refractivity (Wildman–Crippen MR) is 234 cm³/mol. The van der Waals surface area contributed by atoms with Crippen LogP contribution in [0.15, 0.2) is 164 Å². The zero-order chi connectivity index (χ0) is 37.0. The van der Waals surface area contributed by atoms with Crippen molar-refractivity contribution in [1.82, 2.24) is 0 Å². The highest BCUT2D eigenvalue weighted by molar-refractivity contribution is 7.26. The van der Waals surface area contributed by atoms with Crippen molar-refractivity contribution in [3.05, 3.63) is 180 Å². The highest BCUT2D eigenvalue weighted by Gasteiger charge is 2.37. The normalized spacial score (nSPS) is 14.5. The number of para-hydroxylation sites is 1. The van der Waals surface area contributed by atoms with Gasteiger partial charge in [-0.2, -0.15) is 0 Å². The Morgan fingerprint density at radius 3 is 1.63 bits per heavy atom. The van der Waals surface area contributed by atoms with Crippen molar-refractivity contribution in [2.45, 2.75) is 58.3 Å². The van der Waals surface area contributed by atoms with E-state index in [1.807, 2.05) is 11.3 Å². The Morgan fingerprint density at radius 2 is 0.963 bits per heavy atom. The number of hydrogen-bond acceptors (Lipinski definition) is 3. The van der Waals surface area contributed by atoms with Crippen LogP contribution in [0.2, 0.25) is 0 Å². The number of hydrogen-bond donors (Lipinski definition) is 0. The molecule has 266 valence electrons. The van der Waals surface area contributed by atoms with E-state index in [1.165, 1.54) is 77.9 Å². The second-order valence-electron chi connectivity index (χ2n) is 16.2. The quantitative estimate of drug-likeness (QED) is 0.162. The Kier molecular flexibility index (Phi) is 8.43. The Hall–Kier alpha value is -5.64. The Labute approximate surface area is 324 Å². The van der Waals surface area contributed by atoms with Crippen LogP contribution < -0.4 is 9.80 Å². The number of benzene rings is 7. The minimum absolute atomic E-state index is 0.135. The Morgan fingerprint density at radius 1 is 0.444 bits per heavy atom. The van der Waals surface area contributed by atoms with Gasteiger partial charge < -0.3 is 9.80 Å². The summed E-state index contributed by atoms with van der Waals surface area (Å²) < 4.78 is 2.61. The number of fused-ring (bicyclic) bond motifs is 4. The molecule has 1 aromatic heterocycles. The second kappa shape index (κ2) is 13.3. The molecule has 1 aliphatic carbocycles. The summed E-state index contributed by atoms with van der Waals surface area (Å²) in [6, 6.07) is 60.4. The summed E-state index contributed by atoms with van der Waals surface area (Å²) in [6.07, 6.45) is 2.40. The first-order chi connectivity index (χ1) is 26.2. The second-order valence-corrected chi connectivity index (χ2v) is 17.3. The molecule has 0 saturated carbocycles. The van der Waals surface area contributed by atoms with E-state index in [2.05, 4.69) is 208 Å². The maximum atomic E-state index is 2.46. The van der Waals surface area contributed by atoms with Crippen LogP contribution in [-0.4, -0.2) is 0 Å². The molecule has 0 atom stereocenters. The largest absolute Gasteiger partial charge is 0.310 e. The number of anilines is 6. The maximum Gasteiger partial charge on any atom is 0.0554 e. The third-order valence-electron chi connectivity index (χ3n) is 11.6. The van der Waals surface area contributed by atoms with Gasteiger partial charge in [0, 0.05) is 48.6 Å². The summed E-state index contributed by atoms with van der Waals surface area (Å²) in [6.45, 7) is 11.8. The van der Waals surface area contributed by atoms with Crippen LogP contribution in [-0.2, 0) is 10.8 Å². The fourth-order valence-corrected chi connectivity index (χ4v) is 9.54. The van der Waals surface area contributed by atoms with Gasteiger partial charge in [-0.15, -0.1) is 11.3 Å². The van der Waals surface area contributed by atoms with Gasteiger partial charge in [0.25, 0.3) is 0 Å². The van der Waals surface area contributed by atoms with Crippen LogP contribution in [0.1, 0.15) is 57.2 Å². The van der Waals surface area contributed by atoms with Crippen LogP contribution in [0.3, 0.4) is 0 Å². The fourth-order valence-electron chi connectivity index (χ4n) is 8.41. The molecule has 0 saturated heterocycles. The molecular weight excluding hydrogens is 673 g/mol. The van der Waals surface area contributed by atoms with Crippen molar-refractivity contribution in [3.8, 4) is 11.1 Å². The van der Waals surface area contributed by atoms with Gasteiger partial charge in [0.15, 0.2) is 0 Å². The molecule has 0 aliphatic heterocycles. The molecule has 0 spiro atoms. The van der Waals surface area contributed by atoms with Crippen molar-refractivity contribution >= 4 is 65.6 Å². The maximum absolute atomic E-state index is 2.46. The summed E-state index contributed by atoms with van der Waals surface area (Å²) in [7, 11) is 0. The van der Waals surface area contributed by atoms with Gasteiger partial charge in [0.1, 0.15) is 0 Å². The molecule has 1 aliphatic rings. The fraction of sp³-hybridized carbons (Fsp3) is 0.176. The van der Waals surface area contributed by atoms with E-state index in [9.17, 15) is 0 Å². The van der Waals surface area contributed by atoms with E-state index < -0.39 is 0 Å². The molecule has 9 rings (SSSR count). The molecule has 1 heterocycles. The molecule has 2 nitrogen and oxygen atoms in total. The van der Waals surface area contributed by atoms with E-state index >= 15 is 0 Å². The van der Waals surface area contributed by atoms with E-state index in [-0.39, 0.29) is 10.8 Å². The molecule has 7 aromatic carbocycles. The van der Waals surface area contributed by atoms with Crippen molar-refractivity contribution in [2.24, 2.45) is 0 Å². The highest BCUT2D eigenvalue weighted by atomic mass is 32.1. The van der Waals surface area contributed by atoms with E-state index in [4.69, 9.17) is 0 Å². The van der Waals surface area contributed by atoms with Crippen molar-refractivity contribution in [1.29, 1.82) is 0 Å². The van der Waals surface area contributed by atoms with Crippen molar-refractivity contribution in [3.63, 3.8) is 0 Å². The molecule has 0 amide bonds. The van der Waals surface area contributed by atoms with E-state index in [0.717, 1.165) is 17.1 Å². The van der Waals surface area contributed by atoms with Gasteiger partial charge in [-0.1, -0.05) is 118 Å². The topological polar surface area (TPSA) is 6.48 Å². The first kappa shape index (κ1) is 34.1. The van der Waals surface area contributed by atoms with Gasteiger partial charge in [0.05, 0.1) is 5.69 Å². The van der Waals surface area contributed by atoms with Crippen LogP contribution in [0.25, 0.3) is 31.3 Å². The Balaban J connectivity index is 1.08. The standard InChI is InChI=1S/C51H46N2S/c1-35-18-24-39(25-19-35)52(42-30-31-44-45(34-42)51(4,5)33-32-50(44,2)3)40-26-20-36(21-27-40)37-22-28-41(29-23-37)53(38-12-7-6-8-13-38)46-15-11-17-48-49(46)43-14-9-10-16-47(43)54-48/h6-31,34H,32-33H2,1-5H3. The lowest BCUT2D eigenvalue weighted by Gasteiger charge is -2.42. The van der Waals surface area contributed by atoms with Gasteiger partial charge in [-0.25, -0.2) is 0 Å². The Bertz CT molecular complexity index is 2600. The third kappa shape index (κ3) is 6.07. The van der Waals surface area contributed by atoms with Crippen LogP contribution >= 0.6 is 11.3 Å². The molecule has 3 heteroatoms. The van der Waals surface area contributed by atoms with Crippen LogP contribution in [0, 0.1) is 6.92 Å². The SMILES string of the molecule is Cc1ccc(N(c2ccc(-c3ccc(N(c4ccccc4)c4cccc5sc6ccccc6c45)cc3)cc2)c2ccc3c(c2)C(C)(C)CCC3(C)C)cc1. The number of thiophene rings is 1. The number of aryl methyl sites for hydroxylation is 1. The predicted octanol–water partition coefficient (Wildman–Crippen LogP) is 15.3. The summed E-state index contributed by atoms with van der Waals surface area (Å²) >= 11 is 1.86. The molecule has 0 N–H and O–H groups in total. The molecular formula is C51H46N2S. The molecule has 0 radical (unpaired) electrons. The average Bonchev–Trinajstić information content (AvgIpc) is 3.58. The third-order valence-corrected chi connectivity index (χ3v) is 12.7. The number of rotatable bonds is 7. The van der Waals surface area contributed by atoms with E-state index in [0.29, 0.717) is 0 Å². The first-order valence-corrected chi connectivity index (χ1v) is 20.0. The summed E-state index contributed by atoms with van der Waals surface area (Å²) in [5.74, 6) is 0. The first-order valence-electron chi connectivity index (χ1n) is 19.1. The minimum atomic E-state index is 0.135. The molecule has 0 unspecified atom stereocenters. The number of nitrogens with zero attached hydrogens (tertiary/aromatic N) is 2. The van der Waals surface area contributed by atoms with Crippen molar-refractivity contribution in [2.75, 3.05) is 9.80 Å².